The van der Waals surface area contributed by atoms with Crippen molar-refractivity contribution in [2.75, 3.05) is 5.73 Å². The largest absolute Gasteiger partial charge is 0.455 e. The van der Waals surface area contributed by atoms with Crippen molar-refractivity contribution >= 4 is 39.2 Å². The number of carbonyl (C=O) groups excluding carboxylic acids is 2. The number of fused-ring (bicyclic) bond motifs is 1. The summed E-state index contributed by atoms with van der Waals surface area (Å²) < 4.78 is 10.9. The predicted octanol–water partition coefficient (Wildman–Crippen LogP) is 4.68. The number of ether oxygens (including phenoxy) is 2. The second kappa shape index (κ2) is 5.57. The minimum absolute atomic E-state index is 0.346. The Balaban J connectivity index is 1.70. The maximum absolute atomic E-state index is 12.0. The second-order valence-corrected chi connectivity index (χ2v) is 6.32. The topological polar surface area (TPSA) is 78.6 Å². The van der Waals surface area contributed by atoms with Gasteiger partial charge in [0.1, 0.15) is 5.75 Å². The highest BCUT2D eigenvalue weighted by Gasteiger charge is 2.28. The van der Waals surface area contributed by atoms with Crippen LogP contribution < -0.4 is 10.5 Å². The molecule has 0 atom stereocenters. The maximum atomic E-state index is 12.0. The molecule has 0 bridgehead atoms. The van der Waals surface area contributed by atoms with Gasteiger partial charge in [0.2, 0.25) is 0 Å². The Bertz CT molecular complexity index is 1260. The lowest BCUT2D eigenvalue weighted by molar-refractivity contribution is 0.0391. The van der Waals surface area contributed by atoms with E-state index < -0.39 is 11.9 Å². The van der Waals surface area contributed by atoms with E-state index in [9.17, 15) is 9.59 Å². The van der Waals surface area contributed by atoms with Gasteiger partial charge < -0.3 is 15.2 Å². The summed E-state index contributed by atoms with van der Waals surface area (Å²) in [5, 5.41) is 3.11. The number of hydrogen-bond donors (Lipinski definition) is 1. The molecule has 0 amide bonds. The van der Waals surface area contributed by atoms with Gasteiger partial charge in [-0.2, -0.15) is 0 Å². The van der Waals surface area contributed by atoms with Crippen LogP contribution in [-0.4, -0.2) is 11.9 Å². The standard InChI is InChI=1S/C22H13NO4/c23-20-13-5-2-1-4-12(13)8-10-18(20)26-17-11-9-16-19-14(17)6-3-7-15(19)21(24)27-22(16)25/h1-11H,23H2. The van der Waals surface area contributed by atoms with E-state index in [-0.39, 0.29) is 0 Å². The lowest BCUT2D eigenvalue weighted by atomic mass is 9.96. The summed E-state index contributed by atoms with van der Waals surface area (Å²) >= 11 is 0. The molecule has 5 heteroatoms. The molecule has 5 rings (SSSR count). The highest BCUT2D eigenvalue weighted by Crippen LogP contribution is 2.39. The van der Waals surface area contributed by atoms with Crippen LogP contribution >= 0.6 is 0 Å². The SMILES string of the molecule is Nc1c(Oc2ccc3c4c(cccc24)C(=O)OC3=O)ccc2ccccc12. The van der Waals surface area contributed by atoms with Crippen LogP contribution in [0.3, 0.4) is 0 Å². The lowest BCUT2D eigenvalue weighted by Crippen LogP contribution is -2.19. The average molecular weight is 355 g/mol. The van der Waals surface area contributed by atoms with E-state index in [1.807, 2.05) is 36.4 Å². The highest BCUT2D eigenvalue weighted by molar-refractivity contribution is 6.21. The number of esters is 2. The molecule has 0 saturated heterocycles. The molecule has 1 aliphatic rings. The normalized spacial score (nSPS) is 13.0. The number of cyclic esters (lactones) is 2. The number of benzene rings is 4. The van der Waals surface area contributed by atoms with Gasteiger partial charge in [0.15, 0.2) is 5.75 Å². The molecule has 0 aromatic heterocycles. The summed E-state index contributed by atoms with van der Waals surface area (Å²) in [4.78, 5) is 24.1. The molecular weight excluding hydrogens is 342 g/mol. The third-order valence-corrected chi connectivity index (χ3v) is 4.78. The van der Waals surface area contributed by atoms with Gasteiger partial charge in [-0.25, -0.2) is 9.59 Å². The first kappa shape index (κ1) is 15.4. The lowest BCUT2D eigenvalue weighted by Gasteiger charge is -2.18. The van der Waals surface area contributed by atoms with Crippen LogP contribution in [0.4, 0.5) is 5.69 Å². The molecule has 130 valence electrons. The quantitative estimate of drug-likeness (QED) is 0.321. The van der Waals surface area contributed by atoms with E-state index in [0.717, 1.165) is 10.8 Å². The molecular formula is C22H13NO4. The zero-order valence-corrected chi connectivity index (χ0v) is 14.1. The van der Waals surface area contributed by atoms with Crippen molar-refractivity contribution in [2.24, 2.45) is 0 Å². The zero-order valence-electron chi connectivity index (χ0n) is 14.1. The molecule has 0 radical (unpaired) electrons. The molecule has 4 aromatic carbocycles. The van der Waals surface area contributed by atoms with Gasteiger partial charge in [0, 0.05) is 16.2 Å². The first-order valence-electron chi connectivity index (χ1n) is 8.41. The summed E-state index contributed by atoms with van der Waals surface area (Å²) in [6.07, 6.45) is 0. The highest BCUT2D eigenvalue weighted by atomic mass is 16.6. The Labute approximate surface area is 153 Å². The molecule has 4 aromatic rings. The average Bonchev–Trinajstić information content (AvgIpc) is 2.69. The minimum atomic E-state index is -0.652. The van der Waals surface area contributed by atoms with Crippen LogP contribution in [0, 0.1) is 0 Å². The van der Waals surface area contributed by atoms with Gasteiger partial charge in [0.25, 0.3) is 0 Å². The summed E-state index contributed by atoms with van der Waals surface area (Å²) in [5.74, 6) is -0.278. The molecule has 5 nitrogen and oxygen atoms in total. The smallest absolute Gasteiger partial charge is 0.346 e. The van der Waals surface area contributed by atoms with Crippen molar-refractivity contribution < 1.29 is 19.1 Å². The summed E-state index contributed by atoms with van der Waals surface area (Å²) in [5.41, 5.74) is 7.52. The Kier molecular flexibility index (Phi) is 3.18. The van der Waals surface area contributed by atoms with Gasteiger partial charge in [0.05, 0.1) is 16.8 Å². The first-order chi connectivity index (χ1) is 13.1. The molecule has 0 saturated carbocycles. The fourth-order valence-corrected chi connectivity index (χ4v) is 3.49. The van der Waals surface area contributed by atoms with Gasteiger partial charge >= 0.3 is 11.9 Å². The Morgan fingerprint density at radius 2 is 1.41 bits per heavy atom. The van der Waals surface area contributed by atoms with Gasteiger partial charge in [-0.1, -0.05) is 42.5 Å². The van der Waals surface area contributed by atoms with E-state index in [1.54, 1.807) is 30.3 Å². The van der Waals surface area contributed by atoms with Crippen molar-refractivity contribution in [1.29, 1.82) is 0 Å². The third-order valence-electron chi connectivity index (χ3n) is 4.78. The summed E-state index contributed by atoms with van der Waals surface area (Å²) in [6.45, 7) is 0. The number of rotatable bonds is 2. The van der Waals surface area contributed by atoms with Gasteiger partial charge in [-0.15, -0.1) is 0 Å². The van der Waals surface area contributed by atoms with Crippen molar-refractivity contribution in [3.05, 3.63) is 77.9 Å². The van der Waals surface area contributed by atoms with E-state index in [1.165, 1.54) is 0 Å². The minimum Gasteiger partial charge on any atom is -0.455 e. The molecule has 0 unspecified atom stereocenters. The third kappa shape index (κ3) is 2.25. The summed E-state index contributed by atoms with van der Waals surface area (Å²) in [7, 11) is 0. The molecule has 1 aliphatic heterocycles. The molecule has 0 aliphatic carbocycles. The van der Waals surface area contributed by atoms with E-state index in [0.29, 0.717) is 39.1 Å². The molecule has 2 N–H and O–H groups in total. The van der Waals surface area contributed by atoms with Crippen LogP contribution in [0.25, 0.3) is 21.5 Å². The van der Waals surface area contributed by atoms with Gasteiger partial charge in [-0.3, -0.25) is 0 Å². The zero-order chi connectivity index (χ0) is 18.5. The fraction of sp³-hybridized carbons (Fsp3) is 0. The number of nitrogens with two attached hydrogens (primary N) is 1. The van der Waals surface area contributed by atoms with Crippen molar-refractivity contribution in [3.8, 4) is 11.5 Å². The fourth-order valence-electron chi connectivity index (χ4n) is 3.49. The molecule has 0 spiro atoms. The predicted molar refractivity (Wildman–Crippen MR) is 102 cm³/mol. The number of hydrogen-bond acceptors (Lipinski definition) is 5. The monoisotopic (exact) mass is 355 g/mol. The van der Waals surface area contributed by atoms with Crippen molar-refractivity contribution in [3.63, 3.8) is 0 Å². The van der Waals surface area contributed by atoms with Crippen LogP contribution in [0.5, 0.6) is 11.5 Å². The van der Waals surface area contributed by atoms with Crippen LogP contribution in [-0.2, 0) is 4.74 Å². The Morgan fingerprint density at radius 1 is 0.704 bits per heavy atom. The first-order valence-corrected chi connectivity index (χ1v) is 8.41. The van der Waals surface area contributed by atoms with E-state index in [4.69, 9.17) is 15.2 Å². The Hall–Kier alpha value is -3.86. The van der Waals surface area contributed by atoms with E-state index in [2.05, 4.69) is 0 Å². The van der Waals surface area contributed by atoms with Crippen LogP contribution in [0.2, 0.25) is 0 Å². The maximum Gasteiger partial charge on any atom is 0.346 e. The number of nitrogen functional groups attached to an aromatic ring is 1. The van der Waals surface area contributed by atoms with Crippen molar-refractivity contribution in [1.82, 2.24) is 0 Å². The number of carbonyl (C=O) groups is 2. The molecule has 1 heterocycles. The number of anilines is 1. The molecule has 0 fully saturated rings. The van der Waals surface area contributed by atoms with E-state index >= 15 is 0 Å². The summed E-state index contributed by atoms with van der Waals surface area (Å²) in [6, 6.07) is 20.0. The molecule has 27 heavy (non-hydrogen) atoms. The van der Waals surface area contributed by atoms with Gasteiger partial charge in [-0.05, 0) is 29.7 Å². The van der Waals surface area contributed by atoms with Crippen LogP contribution in [0.15, 0.2) is 66.7 Å². The van der Waals surface area contributed by atoms with Crippen molar-refractivity contribution in [2.45, 2.75) is 0 Å². The Morgan fingerprint density at radius 3 is 2.26 bits per heavy atom. The second-order valence-electron chi connectivity index (χ2n) is 6.32. The van der Waals surface area contributed by atoms with Crippen LogP contribution in [0.1, 0.15) is 20.7 Å².